The molecule has 0 atom stereocenters. The summed E-state index contributed by atoms with van der Waals surface area (Å²) < 4.78 is 44.1. The van der Waals surface area contributed by atoms with Crippen molar-refractivity contribution in [1.82, 2.24) is 19.9 Å². The first-order valence-corrected chi connectivity index (χ1v) is 9.12. The standard InChI is InChI=1S/C19H10ClF3N6O3/c20-12-7-11(19(21,22)23)8-25-16(12)28-17-15(29(30)31)18(27-9-26-17)32-13-5-1-3-10-4-2-6-24-14(10)13/h1-9H,(H,25,26,27,28). The van der Waals surface area contributed by atoms with Crippen LogP contribution in [0.3, 0.4) is 0 Å². The van der Waals surface area contributed by atoms with E-state index in [-0.39, 0.29) is 17.4 Å². The average Bonchev–Trinajstić information content (AvgIpc) is 2.74. The van der Waals surface area contributed by atoms with Crippen molar-refractivity contribution in [2.24, 2.45) is 0 Å². The summed E-state index contributed by atoms with van der Waals surface area (Å²) in [4.78, 5) is 26.4. The van der Waals surface area contributed by atoms with Gasteiger partial charge in [-0.25, -0.2) is 9.97 Å². The molecule has 0 bridgehead atoms. The zero-order valence-corrected chi connectivity index (χ0v) is 16.4. The predicted octanol–water partition coefficient (Wildman–Crippen LogP) is 5.54. The minimum Gasteiger partial charge on any atom is -0.431 e. The molecule has 0 aliphatic rings. The molecule has 0 aliphatic heterocycles. The molecule has 13 heteroatoms. The molecule has 0 saturated carbocycles. The molecule has 32 heavy (non-hydrogen) atoms. The van der Waals surface area contributed by atoms with E-state index >= 15 is 0 Å². The molecular weight excluding hydrogens is 453 g/mol. The van der Waals surface area contributed by atoms with Gasteiger partial charge in [0.1, 0.15) is 11.8 Å². The molecule has 0 radical (unpaired) electrons. The van der Waals surface area contributed by atoms with Gasteiger partial charge in [-0.15, -0.1) is 0 Å². The van der Waals surface area contributed by atoms with Crippen molar-refractivity contribution < 1.29 is 22.8 Å². The molecule has 0 spiro atoms. The van der Waals surface area contributed by atoms with E-state index in [4.69, 9.17) is 16.3 Å². The van der Waals surface area contributed by atoms with Crippen LogP contribution in [0.15, 0.2) is 55.1 Å². The van der Waals surface area contributed by atoms with Crippen molar-refractivity contribution >= 4 is 39.8 Å². The topological polar surface area (TPSA) is 116 Å². The molecule has 3 heterocycles. The molecule has 0 unspecified atom stereocenters. The van der Waals surface area contributed by atoms with Crippen LogP contribution < -0.4 is 10.1 Å². The van der Waals surface area contributed by atoms with Crippen molar-refractivity contribution in [3.63, 3.8) is 0 Å². The van der Waals surface area contributed by atoms with Crippen molar-refractivity contribution in [3.05, 3.63) is 75.8 Å². The summed E-state index contributed by atoms with van der Waals surface area (Å²) >= 11 is 5.87. The van der Waals surface area contributed by atoms with E-state index < -0.39 is 33.3 Å². The second kappa shape index (κ2) is 8.23. The molecule has 0 aliphatic carbocycles. The largest absolute Gasteiger partial charge is 0.431 e. The number of hydrogen-bond acceptors (Lipinski definition) is 8. The van der Waals surface area contributed by atoms with Crippen molar-refractivity contribution in [1.29, 1.82) is 0 Å². The number of para-hydroxylation sites is 1. The van der Waals surface area contributed by atoms with Gasteiger partial charge in [0.15, 0.2) is 11.6 Å². The van der Waals surface area contributed by atoms with Crippen molar-refractivity contribution in [2.75, 3.05) is 5.32 Å². The molecule has 4 rings (SSSR count). The SMILES string of the molecule is O=[N+]([O-])c1c(Nc2ncc(C(F)(F)F)cc2Cl)ncnc1Oc1cccc2cccnc12. The van der Waals surface area contributed by atoms with E-state index in [9.17, 15) is 23.3 Å². The van der Waals surface area contributed by atoms with Gasteiger partial charge in [-0.3, -0.25) is 15.1 Å². The second-order valence-corrected chi connectivity index (χ2v) is 6.65. The lowest BCUT2D eigenvalue weighted by atomic mass is 10.2. The Balaban J connectivity index is 1.72. The average molecular weight is 463 g/mol. The Labute approximate surface area is 182 Å². The summed E-state index contributed by atoms with van der Waals surface area (Å²) in [5.74, 6) is -0.836. The highest BCUT2D eigenvalue weighted by atomic mass is 35.5. The molecule has 0 saturated heterocycles. The number of benzene rings is 1. The summed E-state index contributed by atoms with van der Waals surface area (Å²) in [6.07, 6.45) is -1.58. The fourth-order valence-corrected chi connectivity index (χ4v) is 2.97. The molecule has 0 fully saturated rings. The first kappa shape index (κ1) is 21.2. The van der Waals surface area contributed by atoms with Crippen LogP contribution in [0, 0.1) is 10.1 Å². The lowest BCUT2D eigenvalue weighted by Crippen LogP contribution is -2.08. The first-order chi connectivity index (χ1) is 15.2. The monoisotopic (exact) mass is 462 g/mol. The Hall–Kier alpha value is -4.06. The van der Waals surface area contributed by atoms with Crippen molar-refractivity contribution in [3.8, 4) is 11.6 Å². The lowest BCUT2D eigenvalue weighted by Gasteiger charge is -2.12. The van der Waals surface area contributed by atoms with E-state index in [0.29, 0.717) is 17.8 Å². The fourth-order valence-electron chi connectivity index (χ4n) is 2.75. The summed E-state index contributed by atoms with van der Waals surface area (Å²) in [6.45, 7) is 0. The van der Waals surface area contributed by atoms with Gasteiger partial charge in [-0.2, -0.15) is 18.2 Å². The number of halogens is 4. The van der Waals surface area contributed by atoms with Crippen LogP contribution in [0.2, 0.25) is 5.02 Å². The highest BCUT2D eigenvalue weighted by molar-refractivity contribution is 6.33. The molecular formula is C19H10ClF3N6O3. The third-order valence-corrected chi connectivity index (χ3v) is 4.47. The van der Waals surface area contributed by atoms with E-state index in [0.717, 1.165) is 11.7 Å². The van der Waals surface area contributed by atoms with E-state index in [1.54, 1.807) is 30.3 Å². The summed E-state index contributed by atoms with van der Waals surface area (Å²) in [7, 11) is 0. The minimum atomic E-state index is -4.65. The van der Waals surface area contributed by atoms with Crippen LogP contribution in [0.5, 0.6) is 11.6 Å². The van der Waals surface area contributed by atoms with Crippen molar-refractivity contribution in [2.45, 2.75) is 6.18 Å². The van der Waals surface area contributed by atoms with Gasteiger partial charge in [0.25, 0.3) is 0 Å². The van der Waals surface area contributed by atoms with Gasteiger partial charge < -0.3 is 10.1 Å². The number of nitro groups is 1. The fraction of sp³-hybridized carbons (Fsp3) is 0.0526. The molecule has 162 valence electrons. The second-order valence-electron chi connectivity index (χ2n) is 6.24. The maximum absolute atomic E-state index is 12.8. The smallest absolute Gasteiger partial charge is 0.417 e. The third-order valence-electron chi connectivity index (χ3n) is 4.18. The summed E-state index contributed by atoms with van der Waals surface area (Å²) in [5.41, 5.74) is -1.29. The number of ether oxygens (including phenoxy) is 1. The quantitative estimate of drug-likeness (QED) is 0.304. The summed E-state index contributed by atoms with van der Waals surface area (Å²) in [5, 5.41) is 14.5. The Morgan fingerprint density at radius 3 is 2.56 bits per heavy atom. The van der Waals surface area contributed by atoms with E-state index in [1.807, 2.05) is 0 Å². The first-order valence-electron chi connectivity index (χ1n) is 8.75. The molecule has 1 N–H and O–H groups in total. The number of hydrogen-bond donors (Lipinski definition) is 1. The molecule has 9 nitrogen and oxygen atoms in total. The van der Waals surface area contributed by atoms with Crippen LogP contribution >= 0.6 is 11.6 Å². The number of anilines is 2. The maximum atomic E-state index is 12.8. The van der Waals surface area contributed by atoms with Crippen LogP contribution in [0.4, 0.5) is 30.5 Å². The number of pyridine rings is 2. The molecule has 4 aromatic rings. The predicted molar refractivity (Wildman–Crippen MR) is 108 cm³/mol. The van der Waals surface area contributed by atoms with E-state index in [1.165, 1.54) is 6.20 Å². The highest BCUT2D eigenvalue weighted by Gasteiger charge is 2.32. The van der Waals surface area contributed by atoms with Gasteiger partial charge in [0.2, 0.25) is 5.82 Å². The number of nitrogens with one attached hydrogen (secondary N) is 1. The number of aromatic nitrogens is 4. The van der Waals surface area contributed by atoms with Gasteiger partial charge >= 0.3 is 17.7 Å². The Morgan fingerprint density at radius 2 is 1.84 bits per heavy atom. The maximum Gasteiger partial charge on any atom is 0.417 e. The minimum absolute atomic E-state index is 0.210. The van der Waals surface area contributed by atoms with Gasteiger partial charge in [-0.1, -0.05) is 29.8 Å². The Kier molecular flexibility index (Phi) is 5.45. The number of alkyl halides is 3. The van der Waals surface area contributed by atoms with Crippen LogP contribution in [-0.2, 0) is 6.18 Å². The summed E-state index contributed by atoms with van der Waals surface area (Å²) in [6, 6.07) is 9.18. The Morgan fingerprint density at radius 1 is 1.06 bits per heavy atom. The number of rotatable bonds is 5. The Bertz CT molecular complexity index is 1330. The number of fused-ring (bicyclic) bond motifs is 1. The normalized spacial score (nSPS) is 11.4. The molecule has 0 amide bonds. The number of nitrogens with zero attached hydrogens (tertiary/aromatic N) is 5. The molecule has 3 aromatic heterocycles. The zero-order chi connectivity index (χ0) is 22.9. The lowest BCUT2D eigenvalue weighted by molar-refractivity contribution is -0.385. The van der Waals surface area contributed by atoms with E-state index in [2.05, 4.69) is 25.3 Å². The third kappa shape index (κ3) is 4.21. The van der Waals surface area contributed by atoms with Gasteiger partial charge in [0, 0.05) is 17.8 Å². The van der Waals surface area contributed by atoms with Gasteiger partial charge in [-0.05, 0) is 18.2 Å². The highest BCUT2D eigenvalue weighted by Crippen LogP contribution is 2.38. The van der Waals surface area contributed by atoms with Crippen LogP contribution in [0.25, 0.3) is 10.9 Å². The van der Waals surface area contributed by atoms with Crippen LogP contribution in [-0.4, -0.2) is 24.9 Å². The zero-order valence-electron chi connectivity index (χ0n) is 15.7. The van der Waals surface area contributed by atoms with Crippen LogP contribution in [0.1, 0.15) is 5.56 Å². The molecule has 1 aromatic carbocycles. The van der Waals surface area contributed by atoms with Gasteiger partial charge in [0.05, 0.1) is 15.5 Å².